The van der Waals surface area contributed by atoms with Crippen molar-refractivity contribution in [1.82, 2.24) is 20.6 Å². The van der Waals surface area contributed by atoms with Crippen molar-refractivity contribution < 1.29 is 4.74 Å². The maximum atomic E-state index is 5.90. The molecule has 3 aromatic rings. The summed E-state index contributed by atoms with van der Waals surface area (Å²) in [5.41, 5.74) is 2.08. The van der Waals surface area contributed by atoms with Crippen LogP contribution in [0.5, 0.6) is 5.88 Å². The SMILES string of the molecule is CN=C(NCc1ncc(C)s1)NCc1cccnc1OCc1ccccc1. The lowest BCUT2D eigenvalue weighted by atomic mass is 10.2. The van der Waals surface area contributed by atoms with Crippen LogP contribution in [0.2, 0.25) is 0 Å². The third-order valence-corrected chi connectivity index (χ3v) is 4.73. The number of nitrogens with zero attached hydrogens (tertiary/aromatic N) is 3. The van der Waals surface area contributed by atoms with Crippen molar-refractivity contribution >= 4 is 17.3 Å². The Bertz CT molecular complexity index is 879. The van der Waals surface area contributed by atoms with Gasteiger partial charge in [-0.25, -0.2) is 9.97 Å². The number of aromatic nitrogens is 2. The summed E-state index contributed by atoms with van der Waals surface area (Å²) >= 11 is 1.68. The third-order valence-electron chi connectivity index (χ3n) is 3.81. The summed E-state index contributed by atoms with van der Waals surface area (Å²) in [6.45, 7) is 3.74. The van der Waals surface area contributed by atoms with Crippen LogP contribution in [0.4, 0.5) is 0 Å². The van der Waals surface area contributed by atoms with Gasteiger partial charge in [-0.2, -0.15) is 0 Å². The largest absolute Gasteiger partial charge is 0.473 e. The van der Waals surface area contributed by atoms with E-state index >= 15 is 0 Å². The topological polar surface area (TPSA) is 71.4 Å². The summed E-state index contributed by atoms with van der Waals surface area (Å²) in [7, 11) is 1.75. The number of guanidine groups is 1. The first-order chi connectivity index (χ1) is 13.2. The Morgan fingerprint density at radius 1 is 1.07 bits per heavy atom. The highest BCUT2D eigenvalue weighted by Crippen LogP contribution is 2.16. The number of aliphatic imine (C=N–C) groups is 1. The van der Waals surface area contributed by atoms with Gasteiger partial charge in [-0.05, 0) is 18.6 Å². The van der Waals surface area contributed by atoms with Crippen LogP contribution in [0.1, 0.15) is 21.0 Å². The molecule has 3 rings (SSSR count). The molecule has 1 aromatic carbocycles. The van der Waals surface area contributed by atoms with Crippen LogP contribution in [0, 0.1) is 6.92 Å². The smallest absolute Gasteiger partial charge is 0.218 e. The molecule has 7 heteroatoms. The molecule has 0 saturated heterocycles. The molecule has 27 heavy (non-hydrogen) atoms. The molecule has 0 bridgehead atoms. The second-order valence-electron chi connectivity index (χ2n) is 5.89. The van der Waals surface area contributed by atoms with E-state index < -0.39 is 0 Å². The third kappa shape index (κ3) is 5.79. The zero-order chi connectivity index (χ0) is 18.9. The van der Waals surface area contributed by atoms with Crippen molar-refractivity contribution in [1.29, 1.82) is 0 Å². The number of pyridine rings is 1. The minimum Gasteiger partial charge on any atom is -0.473 e. The number of benzene rings is 1. The Labute approximate surface area is 163 Å². The molecule has 0 aliphatic rings. The van der Waals surface area contributed by atoms with Gasteiger partial charge in [0.15, 0.2) is 5.96 Å². The normalized spacial score (nSPS) is 11.3. The van der Waals surface area contributed by atoms with Crippen molar-refractivity contribution in [2.45, 2.75) is 26.6 Å². The molecule has 2 heterocycles. The van der Waals surface area contributed by atoms with Crippen molar-refractivity contribution in [3.05, 3.63) is 75.9 Å². The first kappa shape index (κ1) is 18.8. The van der Waals surface area contributed by atoms with Gasteiger partial charge >= 0.3 is 0 Å². The molecular formula is C20H23N5OS. The van der Waals surface area contributed by atoms with E-state index in [4.69, 9.17) is 4.74 Å². The predicted molar refractivity (Wildman–Crippen MR) is 109 cm³/mol. The Morgan fingerprint density at radius 2 is 1.89 bits per heavy atom. The average molecular weight is 382 g/mol. The summed E-state index contributed by atoms with van der Waals surface area (Å²) in [5, 5.41) is 7.60. The number of ether oxygens (including phenoxy) is 1. The van der Waals surface area contributed by atoms with Crippen molar-refractivity contribution in [3.8, 4) is 5.88 Å². The summed E-state index contributed by atoms with van der Waals surface area (Å²) in [6.07, 6.45) is 3.62. The first-order valence-electron chi connectivity index (χ1n) is 8.71. The standard InChI is InChI=1S/C20H23N5OS/c1-15-11-23-18(27-15)13-25-20(21-2)24-12-17-9-6-10-22-19(17)26-14-16-7-4-3-5-8-16/h3-11H,12-14H2,1-2H3,(H2,21,24,25). The quantitative estimate of drug-likeness (QED) is 0.485. The minimum atomic E-state index is 0.487. The lowest BCUT2D eigenvalue weighted by molar-refractivity contribution is 0.290. The van der Waals surface area contributed by atoms with Gasteiger partial charge in [0.2, 0.25) is 5.88 Å². The zero-order valence-electron chi connectivity index (χ0n) is 15.5. The number of hydrogen-bond acceptors (Lipinski definition) is 5. The van der Waals surface area contributed by atoms with Gasteiger partial charge in [-0.15, -0.1) is 11.3 Å². The average Bonchev–Trinajstić information content (AvgIpc) is 3.13. The van der Waals surface area contributed by atoms with Gasteiger partial charge in [-0.3, -0.25) is 4.99 Å². The van der Waals surface area contributed by atoms with Crippen LogP contribution in [-0.2, 0) is 19.7 Å². The van der Waals surface area contributed by atoms with Crippen LogP contribution in [0.25, 0.3) is 0 Å². The molecule has 0 amide bonds. The van der Waals surface area contributed by atoms with E-state index in [2.05, 4.69) is 25.6 Å². The molecule has 0 aliphatic heterocycles. The van der Waals surface area contributed by atoms with E-state index in [0.717, 1.165) is 16.1 Å². The van der Waals surface area contributed by atoms with Crippen LogP contribution in [0.3, 0.4) is 0 Å². The predicted octanol–water partition coefficient (Wildman–Crippen LogP) is 3.29. The van der Waals surface area contributed by atoms with Crippen molar-refractivity contribution in [3.63, 3.8) is 0 Å². The molecule has 0 radical (unpaired) electrons. The number of thiazole rings is 1. The van der Waals surface area contributed by atoms with E-state index in [-0.39, 0.29) is 0 Å². The van der Waals surface area contributed by atoms with Gasteiger partial charge in [-0.1, -0.05) is 36.4 Å². The van der Waals surface area contributed by atoms with E-state index in [0.29, 0.717) is 31.5 Å². The first-order valence-corrected chi connectivity index (χ1v) is 9.52. The summed E-state index contributed by atoms with van der Waals surface area (Å²) in [4.78, 5) is 14.2. The van der Waals surface area contributed by atoms with Crippen LogP contribution >= 0.6 is 11.3 Å². The molecule has 0 unspecified atom stereocenters. The molecular weight excluding hydrogens is 358 g/mol. The molecule has 6 nitrogen and oxygen atoms in total. The fraction of sp³-hybridized carbons (Fsp3) is 0.250. The van der Waals surface area contributed by atoms with Gasteiger partial charge in [0, 0.05) is 36.4 Å². The molecule has 0 aliphatic carbocycles. The van der Waals surface area contributed by atoms with Gasteiger partial charge in [0.05, 0.1) is 6.54 Å². The van der Waals surface area contributed by atoms with Gasteiger partial charge < -0.3 is 15.4 Å². The Morgan fingerprint density at radius 3 is 2.63 bits per heavy atom. The van der Waals surface area contributed by atoms with Gasteiger partial charge in [0.25, 0.3) is 0 Å². The number of hydrogen-bond donors (Lipinski definition) is 2. The Hall–Kier alpha value is -2.93. The van der Waals surface area contributed by atoms with Gasteiger partial charge in [0.1, 0.15) is 11.6 Å². The van der Waals surface area contributed by atoms with Crippen LogP contribution in [0.15, 0.2) is 59.9 Å². The maximum absolute atomic E-state index is 5.90. The fourth-order valence-electron chi connectivity index (χ4n) is 2.46. The second-order valence-corrected chi connectivity index (χ2v) is 7.21. The summed E-state index contributed by atoms with van der Waals surface area (Å²) in [5.74, 6) is 1.33. The summed E-state index contributed by atoms with van der Waals surface area (Å²) in [6, 6.07) is 14.0. The molecule has 0 saturated carbocycles. The molecule has 0 atom stereocenters. The molecule has 0 spiro atoms. The Kier molecular flexibility index (Phi) is 6.76. The zero-order valence-corrected chi connectivity index (χ0v) is 16.3. The van der Waals surface area contributed by atoms with Crippen molar-refractivity contribution in [2.24, 2.45) is 4.99 Å². The molecule has 0 fully saturated rings. The Balaban J connectivity index is 1.55. The minimum absolute atomic E-state index is 0.487. The van der Waals surface area contributed by atoms with E-state index in [1.165, 1.54) is 4.88 Å². The van der Waals surface area contributed by atoms with Crippen LogP contribution < -0.4 is 15.4 Å². The maximum Gasteiger partial charge on any atom is 0.218 e. The monoisotopic (exact) mass is 381 g/mol. The molecule has 140 valence electrons. The van der Waals surface area contributed by atoms with Crippen LogP contribution in [-0.4, -0.2) is 23.0 Å². The van der Waals surface area contributed by atoms with E-state index in [9.17, 15) is 0 Å². The highest BCUT2D eigenvalue weighted by atomic mass is 32.1. The lowest BCUT2D eigenvalue weighted by Gasteiger charge is -2.13. The summed E-state index contributed by atoms with van der Waals surface area (Å²) < 4.78 is 5.90. The fourth-order valence-corrected chi connectivity index (χ4v) is 3.18. The highest BCUT2D eigenvalue weighted by molar-refractivity contribution is 7.11. The number of rotatable bonds is 7. The van der Waals surface area contributed by atoms with E-state index in [1.54, 1.807) is 24.6 Å². The number of aryl methyl sites for hydroxylation is 1. The molecule has 2 N–H and O–H groups in total. The second kappa shape index (κ2) is 9.68. The van der Waals surface area contributed by atoms with E-state index in [1.807, 2.05) is 55.6 Å². The number of nitrogens with one attached hydrogen (secondary N) is 2. The molecule has 2 aromatic heterocycles. The van der Waals surface area contributed by atoms with Crippen molar-refractivity contribution in [2.75, 3.05) is 7.05 Å². The lowest BCUT2D eigenvalue weighted by Crippen LogP contribution is -2.36. The highest BCUT2D eigenvalue weighted by Gasteiger charge is 2.07.